The Kier molecular flexibility index (Phi) is 8.11. The topological polar surface area (TPSA) is 21.9 Å². The summed E-state index contributed by atoms with van der Waals surface area (Å²) in [6, 6.07) is 33.2. The molecule has 0 N–H and O–H groups in total. The number of para-hydroxylation sites is 1. The molecule has 0 saturated heterocycles. The summed E-state index contributed by atoms with van der Waals surface area (Å²) in [4.78, 5) is 0. The lowest BCUT2D eigenvalue weighted by molar-refractivity contribution is -0.997. The largest absolute Gasteiger partial charge is 0.499 e. The van der Waals surface area contributed by atoms with Crippen molar-refractivity contribution in [2.75, 3.05) is 0 Å². The van der Waals surface area contributed by atoms with E-state index in [9.17, 15) is 4.11 Å². The van der Waals surface area contributed by atoms with Crippen LogP contribution in [0.15, 0.2) is 121 Å². The zero-order chi connectivity index (χ0) is 51.8. The monoisotopic (exact) mass is 887 g/mol. The molecule has 67 heavy (non-hydrogen) atoms. The van der Waals surface area contributed by atoms with E-state index in [-0.39, 0.29) is 51.9 Å². The third kappa shape index (κ3) is 6.23. The van der Waals surface area contributed by atoms with Crippen LogP contribution in [0.4, 0.5) is 0 Å². The Morgan fingerprint density at radius 1 is 0.642 bits per heavy atom. The van der Waals surface area contributed by atoms with Gasteiger partial charge in [0.2, 0.25) is 5.69 Å². The Labute approximate surface area is 406 Å². The Hall–Kier alpha value is -6.26. The van der Waals surface area contributed by atoms with Crippen LogP contribution in [-0.2, 0) is 22.1 Å². The molecule has 1 atom stereocenters. The van der Waals surface area contributed by atoms with Gasteiger partial charge in [-0.05, 0) is 134 Å². The van der Waals surface area contributed by atoms with Gasteiger partial charge < -0.3 is 4.74 Å². The fourth-order valence-corrected chi connectivity index (χ4v) is 11.1. The van der Waals surface area contributed by atoms with E-state index < -0.39 is 11.7 Å². The minimum absolute atomic E-state index is 0.0321. The smallest absolute Gasteiger partial charge is 0.392 e. The van der Waals surface area contributed by atoms with E-state index in [1.807, 2.05) is 26.1 Å². The highest BCUT2D eigenvalue weighted by Crippen LogP contribution is 2.56. The van der Waals surface area contributed by atoms with Gasteiger partial charge in [0.05, 0.1) is 11.0 Å². The van der Waals surface area contributed by atoms with Crippen molar-refractivity contribution < 1.29 is 20.7 Å². The highest BCUT2D eigenvalue weighted by molar-refractivity contribution is 5.98. The lowest BCUT2D eigenvalue weighted by atomic mass is 9.78. The predicted molar refractivity (Wildman–Crippen MR) is 278 cm³/mol. The second-order valence-corrected chi connectivity index (χ2v) is 23.1. The molecule has 0 saturated carbocycles. The van der Waals surface area contributed by atoms with Gasteiger partial charge in [-0.15, -0.1) is 9.13 Å². The number of aryl methyl sites for hydroxylation is 1. The van der Waals surface area contributed by atoms with E-state index in [1.54, 1.807) is 6.92 Å². The summed E-state index contributed by atoms with van der Waals surface area (Å²) in [7, 11) is 0. The van der Waals surface area contributed by atoms with Crippen molar-refractivity contribution >= 4 is 11.0 Å². The van der Waals surface area contributed by atoms with Crippen molar-refractivity contribution in [3.8, 4) is 67.5 Å². The molecule has 338 valence electrons. The van der Waals surface area contributed by atoms with Crippen molar-refractivity contribution in [2.45, 2.75) is 138 Å². The van der Waals surface area contributed by atoms with E-state index in [1.165, 1.54) is 16.7 Å². The molecule has 4 heteroatoms. The molecule has 11 rings (SSSR count). The number of rotatable bonds is 5. The van der Waals surface area contributed by atoms with Gasteiger partial charge in [-0.1, -0.05) is 156 Å². The van der Waals surface area contributed by atoms with E-state index >= 15 is 0 Å². The lowest BCUT2D eigenvalue weighted by Crippen LogP contribution is -2.78. The normalized spacial score (nSPS) is 17.0. The molecule has 6 aromatic carbocycles. The Bertz CT molecular complexity index is 3670. The van der Waals surface area contributed by atoms with Gasteiger partial charge in [0.1, 0.15) is 16.8 Å². The molecule has 1 unspecified atom stereocenters. The molecule has 0 amide bonds. The number of hydrogen-bond acceptors (Lipinski definition) is 1. The van der Waals surface area contributed by atoms with Gasteiger partial charge in [0, 0.05) is 30.2 Å². The van der Waals surface area contributed by atoms with Gasteiger partial charge in [0.15, 0.2) is 23.0 Å². The van der Waals surface area contributed by atoms with E-state index in [0.717, 1.165) is 89.6 Å². The van der Waals surface area contributed by atoms with Gasteiger partial charge in [-0.3, -0.25) is 0 Å². The number of imidazole rings is 1. The first-order chi connectivity index (χ1) is 33.6. The molecule has 5 heterocycles. The van der Waals surface area contributed by atoms with Crippen LogP contribution < -0.4 is 13.9 Å². The third-order valence-electron chi connectivity index (χ3n) is 14.7. The molecule has 8 aromatic rings. The molecule has 1 spiro atoms. The fourth-order valence-electron chi connectivity index (χ4n) is 11.1. The summed E-state index contributed by atoms with van der Waals surface area (Å²) in [6.45, 7) is 32.7. The van der Waals surface area contributed by atoms with Crippen LogP contribution in [0.25, 0.3) is 72.7 Å². The van der Waals surface area contributed by atoms with Crippen molar-refractivity contribution in [2.24, 2.45) is 0 Å². The minimum Gasteiger partial charge on any atom is -0.392 e. The van der Waals surface area contributed by atoms with Gasteiger partial charge in [-0.2, -0.15) is 4.57 Å². The number of hydrogen-bond donors (Lipinski definition) is 0. The van der Waals surface area contributed by atoms with Crippen molar-refractivity contribution in [3.63, 3.8) is 0 Å². The zero-order valence-electron chi connectivity index (χ0n) is 47.1. The van der Waals surface area contributed by atoms with Crippen LogP contribution in [0, 0.1) is 13.8 Å². The molecule has 0 fully saturated rings. The minimum atomic E-state index is -1.26. The summed E-state index contributed by atoms with van der Waals surface area (Å²) in [5, 5.41) is 0. The first kappa shape index (κ1) is 37.8. The Balaban J connectivity index is 1.31. The Morgan fingerprint density at radius 3 is 1.96 bits per heavy atom. The SMILES string of the molecule is [2H]c1c([2H])c(-c2cc[n+]3c(c2)-c2cc(C(C)(C)C)cc4c2C32Oc3c(cc(C(C)(C)C)cc3C(C)(C)C)-c3n(-c5ccc(-c6c(C(C)C)cccc6C([2H])(C)C)cc5C)c5cccc-4c5[n+]32)c([2H])c([2H])c1C. The van der Waals surface area contributed by atoms with E-state index in [2.05, 4.69) is 182 Å². The molecular weight excluding hydrogens is 815 g/mol. The first-order valence-electron chi connectivity index (χ1n) is 26.6. The molecule has 0 bridgehead atoms. The molecule has 3 aliphatic rings. The number of fused-ring (bicyclic) bond motifs is 5. The van der Waals surface area contributed by atoms with Crippen LogP contribution in [0.3, 0.4) is 0 Å². The van der Waals surface area contributed by atoms with Gasteiger partial charge in [0.25, 0.3) is 0 Å². The van der Waals surface area contributed by atoms with E-state index in [4.69, 9.17) is 7.48 Å². The summed E-state index contributed by atoms with van der Waals surface area (Å²) in [5.74, 6) is 0.0148. The summed E-state index contributed by atoms with van der Waals surface area (Å²) < 4.78 is 60.6. The van der Waals surface area contributed by atoms with Crippen LogP contribution in [0.2, 0.25) is 0 Å². The molecule has 4 nitrogen and oxygen atoms in total. The number of pyridine rings is 1. The van der Waals surface area contributed by atoms with Crippen molar-refractivity contribution in [1.82, 2.24) is 4.57 Å². The van der Waals surface area contributed by atoms with Crippen molar-refractivity contribution in [3.05, 3.63) is 166 Å². The number of nitrogens with zero attached hydrogens (tertiary/aromatic N) is 3. The number of aromatic nitrogens is 3. The van der Waals surface area contributed by atoms with Crippen LogP contribution in [0.5, 0.6) is 5.75 Å². The second kappa shape index (κ2) is 14.4. The average Bonchev–Trinajstić information content (AvgIpc) is 3.79. The number of ether oxygens (including phenoxy) is 1. The second-order valence-electron chi connectivity index (χ2n) is 23.1. The van der Waals surface area contributed by atoms with Crippen molar-refractivity contribution in [1.29, 1.82) is 0 Å². The van der Waals surface area contributed by atoms with Crippen LogP contribution in [0.1, 0.15) is 153 Å². The van der Waals surface area contributed by atoms with Crippen LogP contribution in [-0.4, -0.2) is 4.57 Å². The summed E-state index contributed by atoms with van der Waals surface area (Å²) in [6.07, 6.45) is 2.05. The first-order valence-corrected chi connectivity index (χ1v) is 24.1. The zero-order valence-corrected chi connectivity index (χ0v) is 42.1. The van der Waals surface area contributed by atoms with Gasteiger partial charge >= 0.3 is 11.7 Å². The predicted octanol–water partition coefficient (Wildman–Crippen LogP) is 15.5. The highest BCUT2D eigenvalue weighted by atomic mass is 16.5. The molecule has 3 aliphatic heterocycles. The molecule has 0 aliphatic carbocycles. The summed E-state index contributed by atoms with van der Waals surface area (Å²) in [5.41, 5.74) is 18.8. The molecular formula is C63H67N3O+2. The molecule has 0 radical (unpaired) electrons. The lowest BCUT2D eigenvalue weighted by Gasteiger charge is -2.36. The fraction of sp³-hybridized carbons (Fsp3) is 0.333. The summed E-state index contributed by atoms with van der Waals surface area (Å²) >= 11 is 0. The quantitative estimate of drug-likeness (QED) is 0.158. The highest BCUT2D eigenvalue weighted by Gasteiger charge is 2.69. The maximum Gasteiger partial charge on any atom is 0.499 e. The average molecular weight is 887 g/mol. The van der Waals surface area contributed by atoms with Crippen LogP contribution >= 0.6 is 0 Å². The maximum absolute atomic E-state index is 9.28. The number of benzene rings is 6. The third-order valence-corrected chi connectivity index (χ3v) is 14.7. The standard InChI is InChI=1S/C63H67N3O/c1-36(2)45-18-16-19-46(37(3)4)55(45)42-26-27-52(39(6)30-42)65-53-21-17-20-47-48-32-43(60(7,8)9)33-49-54-31-41(40-24-22-38(5)23-25-40)28-29-64(54)63(56(48)49)66(57(47)53)59(65)50-34-44(61(10,11)12)35-51(58(50)67-63)62(13,14)15/h16-37H,1-15H3/q+2/i22D,23D,24D,25D,36D. The van der Waals surface area contributed by atoms with Gasteiger partial charge in [-0.25, -0.2) is 0 Å². The Morgan fingerprint density at radius 2 is 1.30 bits per heavy atom. The van der Waals surface area contributed by atoms with E-state index in [0.29, 0.717) is 11.1 Å². The maximum atomic E-state index is 9.28. The molecule has 2 aromatic heterocycles.